The van der Waals surface area contributed by atoms with Gasteiger partial charge in [0.15, 0.2) is 0 Å². The molecule has 2 aromatic rings. The molecule has 1 aromatic heterocycles. The Kier molecular flexibility index (Phi) is 3.97. The van der Waals surface area contributed by atoms with Gasteiger partial charge in [-0.15, -0.1) is 0 Å². The third kappa shape index (κ3) is 2.82. The Bertz CT molecular complexity index is 544. The number of carbonyl (C=O) groups is 1. The van der Waals surface area contributed by atoms with Crippen LogP contribution in [0.25, 0.3) is 0 Å². The van der Waals surface area contributed by atoms with Gasteiger partial charge in [0.25, 0.3) is 5.91 Å². The lowest BCUT2D eigenvalue weighted by Gasteiger charge is -2.16. The highest BCUT2D eigenvalue weighted by molar-refractivity contribution is 5.96. The van der Waals surface area contributed by atoms with Crippen molar-refractivity contribution in [3.63, 3.8) is 0 Å². The number of aromatic nitrogens is 2. The molecule has 1 heterocycles. The molecule has 0 aliphatic heterocycles. The summed E-state index contributed by atoms with van der Waals surface area (Å²) in [6.07, 6.45) is 0. The fraction of sp³-hybridized carbons (Fsp3) is 0.286. The monoisotopic (exact) mass is 259 g/mol. The lowest BCUT2D eigenvalue weighted by molar-refractivity contribution is 0.0915. The van der Waals surface area contributed by atoms with Crippen LogP contribution in [0.1, 0.15) is 33.4 Å². The molecule has 0 spiro atoms. The van der Waals surface area contributed by atoms with E-state index in [1.54, 1.807) is 13.8 Å². The van der Waals surface area contributed by atoms with Crippen LogP contribution in [0.3, 0.4) is 0 Å². The molecule has 0 fully saturated rings. The first-order valence-corrected chi connectivity index (χ1v) is 6.11. The van der Waals surface area contributed by atoms with E-state index in [-0.39, 0.29) is 12.5 Å². The average molecular weight is 259 g/mol. The molecule has 0 saturated carbocycles. The summed E-state index contributed by atoms with van der Waals surface area (Å²) >= 11 is 0. The van der Waals surface area contributed by atoms with Crippen molar-refractivity contribution in [2.45, 2.75) is 19.9 Å². The second kappa shape index (κ2) is 5.67. The second-order valence-corrected chi connectivity index (χ2v) is 4.43. The Morgan fingerprint density at radius 3 is 2.58 bits per heavy atom. The van der Waals surface area contributed by atoms with Gasteiger partial charge in [0.2, 0.25) is 0 Å². The van der Waals surface area contributed by atoms with Gasteiger partial charge in [-0.25, -0.2) is 0 Å². The fourth-order valence-corrected chi connectivity index (χ4v) is 2.04. The molecule has 19 heavy (non-hydrogen) atoms. The van der Waals surface area contributed by atoms with Crippen molar-refractivity contribution >= 4 is 5.91 Å². The molecular weight excluding hydrogens is 242 g/mol. The summed E-state index contributed by atoms with van der Waals surface area (Å²) in [6.45, 7) is 3.42. The Balaban J connectivity index is 2.18. The Labute approximate surface area is 111 Å². The van der Waals surface area contributed by atoms with Gasteiger partial charge in [-0.1, -0.05) is 30.3 Å². The average Bonchev–Trinajstić information content (AvgIpc) is 2.76. The van der Waals surface area contributed by atoms with E-state index < -0.39 is 6.04 Å². The number of amides is 1. The molecular formula is C14H17N3O2. The van der Waals surface area contributed by atoms with E-state index in [2.05, 4.69) is 15.5 Å². The van der Waals surface area contributed by atoms with E-state index in [9.17, 15) is 9.90 Å². The first-order valence-electron chi connectivity index (χ1n) is 6.11. The third-order valence-corrected chi connectivity index (χ3v) is 3.05. The molecule has 5 heteroatoms. The van der Waals surface area contributed by atoms with Crippen molar-refractivity contribution in [1.29, 1.82) is 0 Å². The van der Waals surface area contributed by atoms with Crippen molar-refractivity contribution in [3.05, 3.63) is 52.8 Å². The molecule has 0 radical (unpaired) electrons. The van der Waals surface area contributed by atoms with Gasteiger partial charge in [-0.05, 0) is 19.4 Å². The minimum Gasteiger partial charge on any atom is -0.394 e. The Morgan fingerprint density at radius 1 is 1.37 bits per heavy atom. The van der Waals surface area contributed by atoms with Gasteiger partial charge in [-0.3, -0.25) is 9.89 Å². The Morgan fingerprint density at radius 2 is 2.05 bits per heavy atom. The topological polar surface area (TPSA) is 78.0 Å². The predicted molar refractivity (Wildman–Crippen MR) is 71.8 cm³/mol. The van der Waals surface area contributed by atoms with Crippen LogP contribution in [0.15, 0.2) is 30.3 Å². The van der Waals surface area contributed by atoms with E-state index >= 15 is 0 Å². The summed E-state index contributed by atoms with van der Waals surface area (Å²) in [6, 6.07) is 8.97. The van der Waals surface area contributed by atoms with Gasteiger partial charge >= 0.3 is 0 Å². The number of nitrogens with zero attached hydrogens (tertiary/aromatic N) is 1. The summed E-state index contributed by atoms with van der Waals surface area (Å²) in [4.78, 5) is 12.2. The number of H-pyrrole nitrogens is 1. The number of benzene rings is 1. The van der Waals surface area contributed by atoms with Crippen LogP contribution in [0, 0.1) is 13.8 Å². The van der Waals surface area contributed by atoms with Gasteiger partial charge < -0.3 is 10.4 Å². The first kappa shape index (κ1) is 13.3. The van der Waals surface area contributed by atoms with Gasteiger partial charge in [0, 0.05) is 5.69 Å². The van der Waals surface area contributed by atoms with E-state index in [1.807, 2.05) is 30.3 Å². The van der Waals surface area contributed by atoms with Crippen LogP contribution in [0.4, 0.5) is 0 Å². The van der Waals surface area contributed by atoms with Gasteiger partial charge in [0.1, 0.15) is 0 Å². The van der Waals surface area contributed by atoms with Crippen LogP contribution < -0.4 is 5.32 Å². The molecule has 100 valence electrons. The predicted octanol–water partition coefficient (Wildman–Crippen LogP) is 1.49. The zero-order chi connectivity index (χ0) is 13.8. The molecule has 3 N–H and O–H groups in total. The smallest absolute Gasteiger partial charge is 0.255 e. The number of aliphatic hydroxyl groups excluding tert-OH is 1. The maximum atomic E-state index is 12.2. The zero-order valence-corrected chi connectivity index (χ0v) is 11.0. The largest absolute Gasteiger partial charge is 0.394 e. The molecule has 1 aromatic carbocycles. The number of aliphatic hydroxyl groups is 1. The zero-order valence-electron chi connectivity index (χ0n) is 11.0. The summed E-state index contributed by atoms with van der Waals surface area (Å²) in [5.74, 6) is -0.230. The molecule has 0 aliphatic carbocycles. The lowest BCUT2D eigenvalue weighted by Crippen LogP contribution is -2.31. The van der Waals surface area contributed by atoms with Crippen molar-refractivity contribution in [2.24, 2.45) is 0 Å². The SMILES string of the molecule is Cc1n[nH]c(C)c1C(=O)NC(CO)c1ccccc1. The van der Waals surface area contributed by atoms with E-state index in [1.165, 1.54) is 0 Å². The minimum absolute atomic E-state index is 0.147. The summed E-state index contributed by atoms with van der Waals surface area (Å²) in [5, 5.41) is 19.0. The number of carbonyl (C=O) groups excluding carboxylic acids is 1. The normalized spacial score (nSPS) is 12.2. The minimum atomic E-state index is -0.414. The molecule has 2 rings (SSSR count). The maximum absolute atomic E-state index is 12.2. The number of hydrogen-bond donors (Lipinski definition) is 3. The number of hydrogen-bond acceptors (Lipinski definition) is 3. The Hall–Kier alpha value is -2.14. The molecule has 1 unspecified atom stereocenters. The molecule has 1 amide bonds. The van der Waals surface area contributed by atoms with E-state index in [4.69, 9.17) is 0 Å². The number of nitrogens with one attached hydrogen (secondary N) is 2. The fourth-order valence-electron chi connectivity index (χ4n) is 2.04. The highest BCUT2D eigenvalue weighted by Gasteiger charge is 2.19. The third-order valence-electron chi connectivity index (χ3n) is 3.05. The summed E-state index contributed by atoms with van der Waals surface area (Å²) < 4.78 is 0. The van der Waals surface area contributed by atoms with E-state index in [0.29, 0.717) is 11.3 Å². The molecule has 0 saturated heterocycles. The quantitative estimate of drug-likeness (QED) is 0.778. The van der Waals surface area contributed by atoms with Crippen LogP contribution in [-0.2, 0) is 0 Å². The lowest BCUT2D eigenvalue weighted by atomic mass is 10.1. The van der Waals surface area contributed by atoms with E-state index in [0.717, 1.165) is 11.3 Å². The van der Waals surface area contributed by atoms with Gasteiger partial charge in [0.05, 0.1) is 23.9 Å². The molecule has 0 aliphatic rings. The van der Waals surface area contributed by atoms with Crippen LogP contribution in [-0.4, -0.2) is 27.8 Å². The number of aromatic amines is 1. The maximum Gasteiger partial charge on any atom is 0.255 e. The standard InChI is InChI=1S/C14H17N3O2/c1-9-13(10(2)17-16-9)14(19)15-12(8-18)11-6-4-3-5-7-11/h3-7,12,18H,8H2,1-2H3,(H,15,19)(H,16,17). The van der Waals surface area contributed by atoms with Crippen LogP contribution in [0.2, 0.25) is 0 Å². The van der Waals surface area contributed by atoms with Gasteiger partial charge in [-0.2, -0.15) is 5.10 Å². The van der Waals surface area contributed by atoms with Crippen molar-refractivity contribution in [3.8, 4) is 0 Å². The first-order chi connectivity index (χ1) is 9.13. The molecule has 5 nitrogen and oxygen atoms in total. The summed E-state index contributed by atoms with van der Waals surface area (Å²) in [5.41, 5.74) is 2.78. The molecule has 0 bridgehead atoms. The molecule has 1 atom stereocenters. The van der Waals surface area contributed by atoms with Crippen LogP contribution >= 0.6 is 0 Å². The highest BCUT2D eigenvalue weighted by Crippen LogP contribution is 2.15. The summed E-state index contributed by atoms with van der Waals surface area (Å²) in [7, 11) is 0. The highest BCUT2D eigenvalue weighted by atomic mass is 16.3. The second-order valence-electron chi connectivity index (χ2n) is 4.43. The van der Waals surface area contributed by atoms with Crippen molar-refractivity contribution < 1.29 is 9.90 Å². The number of rotatable bonds is 4. The van der Waals surface area contributed by atoms with Crippen molar-refractivity contribution in [2.75, 3.05) is 6.61 Å². The van der Waals surface area contributed by atoms with Crippen molar-refractivity contribution in [1.82, 2.24) is 15.5 Å². The number of aryl methyl sites for hydroxylation is 2. The van der Waals surface area contributed by atoms with Crippen LogP contribution in [0.5, 0.6) is 0 Å².